The average Bonchev–Trinajstić information content (AvgIpc) is 2.94. The van der Waals surface area contributed by atoms with E-state index in [1.54, 1.807) is 0 Å². The number of aliphatic hydroxyl groups excluding tert-OH is 1. The summed E-state index contributed by atoms with van der Waals surface area (Å²) in [6, 6.07) is 11.8. The zero-order valence-electron chi connectivity index (χ0n) is 10.8. The molecule has 1 atom stereocenters. The second-order valence-electron chi connectivity index (χ2n) is 4.53. The lowest BCUT2D eigenvalue weighted by atomic mass is 10.1. The molecule has 1 aromatic carbocycles. The van der Waals surface area contributed by atoms with Crippen LogP contribution >= 0.6 is 11.3 Å². The lowest BCUT2D eigenvalue weighted by Gasteiger charge is -2.10. The van der Waals surface area contributed by atoms with Crippen molar-refractivity contribution in [2.45, 2.75) is 6.92 Å². The first kappa shape index (κ1) is 13.8. The van der Waals surface area contributed by atoms with Crippen LogP contribution in [0.2, 0.25) is 0 Å². The molecule has 3 nitrogen and oxygen atoms in total. The molecule has 0 saturated heterocycles. The first-order chi connectivity index (χ1) is 9.22. The summed E-state index contributed by atoms with van der Waals surface area (Å²) >= 11 is 1.44. The molecule has 0 radical (unpaired) electrons. The minimum Gasteiger partial charge on any atom is -0.396 e. The minimum absolute atomic E-state index is 0.0732. The van der Waals surface area contributed by atoms with Crippen LogP contribution in [0.4, 0.5) is 0 Å². The van der Waals surface area contributed by atoms with Gasteiger partial charge >= 0.3 is 0 Å². The van der Waals surface area contributed by atoms with Crippen LogP contribution in [0.1, 0.15) is 16.6 Å². The van der Waals surface area contributed by atoms with Gasteiger partial charge in [0.1, 0.15) is 0 Å². The molecular formula is C15H17NO2S. The number of nitrogens with one attached hydrogen (secondary N) is 1. The van der Waals surface area contributed by atoms with Crippen LogP contribution in [0, 0.1) is 5.92 Å². The Bertz CT molecular complexity index is 536. The number of carbonyl (C=O) groups excluding carboxylic acids is 1. The molecule has 100 valence electrons. The molecule has 19 heavy (non-hydrogen) atoms. The van der Waals surface area contributed by atoms with Crippen molar-refractivity contribution in [2.75, 3.05) is 13.2 Å². The van der Waals surface area contributed by atoms with Crippen LogP contribution in [0.25, 0.3) is 11.1 Å². The number of hydrogen-bond acceptors (Lipinski definition) is 3. The smallest absolute Gasteiger partial charge is 0.261 e. The third-order valence-corrected chi connectivity index (χ3v) is 3.79. The molecule has 4 heteroatoms. The van der Waals surface area contributed by atoms with Crippen molar-refractivity contribution in [3.8, 4) is 11.1 Å². The predicted octanol–water partition coefficient (Wildman–Crippen LogP) is 2.77. The van der Waals surface area contributed by atoms with E-state index in [9.17, 15) is 4.79 Å². The van der Waals surface area contributed by atoms with Gasteiger partial charge in [-0.05, 0) is 22.9 Å². The Balaban J connectivity index is 2.14. The summed E-state index contributed by atoms with van der Waals surface area (Å²) < 4.78 is 0. The highest BCUT2D eigenvalue weighted by Crippen LogP contribution is 2.27. The number of rotatable bonds is 5. The Labute approximate surface area is 116 Å². The van der Waals surface area contributed by atoms with Gasteiger partial charge in [-0.1, -0.05) is 37.3 Å². The van der Waals surface area contributed by atoms with Crippen LogP contribution in [0.3, 0.4) is 0 Å². The standard InChI is InChI=1S/C15H17NO2S/c1-11(10-17)9-16-15(18)14-13(7-8-19-14)12-5-3-2-4-6-12/h2-8,11,17H,9-10H2,1H3,(H,16,18). The van der Waals surface area contributed by atoms with Gasteiger partial charge < -0.3 is 10.4 Å². The summed E-state index contributed by atoms with van der Waals surface area (Å²) in [6.07, 6.45) is 0. The van der Waals surface area contributed by atoms with E-state index in [0.717, 1.165) is 16.0 Å². The summed E-state index contributed by atoms with van der Waals surface area (Å²) in [5.41, 5.74) is 2.00. The van der Waals surface area contributed by atoms with E-state index in [4.69, 9.17) is 5.11 Å². The summed E-state index contributed by atoms with van der Waals surface area (Å²) in [5, 5.41) is 13.7. The molecule has 0 spiro atoms. The Hall–Kier alpha value is -1.65. The molecule has 2 aromatic rings. The molecule has 0 fully saturated rings. The van der Waals surface area contributed by atoms with Crippen molar-refractivity contribution < 1.29 is 9.90 Å². The lowest BCUT2D eigenvalue weighted by Crippen LogP contribution is -2.29. The van der Waals surface area contributed by atoms with Crippen molar-refractivity contribution in [1.82, 2.24) is 5.32 Å². The molecule has 0 bridgehead atoms. The van der Waals surface area contributed by atoms with E-state index in [2.05, 4.69) is 5.32 Å². The fraction of sp³-hybridized carbons (Fsp3) is 0.267. The predicted molar refractivity (Wildman–Crippen MR) is 78.3 cm³/mol. The van der Waals surface area contributed by atoms with E-state index in [-0.39, 0.29) is 18.4 Å². The first-order valence-corrected chi connectivity index (χ1v) is 7.12. The fourth-order valence-corrected chi connectivity index (χ4v) is 2.57. The third-order valence-electron chi connectivity index (χ3n) is 2.88. The van der Waals surface area contributed by atoms with Crippen molar-refractivity contribution >= 4 is 17.2 Å². The number of amides is 1. The van der Waals surface area contributed by atoms with Crippen LogP contribution in [-0.2, 0) is 0 Å². The monoisotopic (exact) mass is 275 g/mol. The second kappa shape index (κ2) is 6.50. The van der Waals surface area contributed by atoms with Gasteiger partial charge in [-0.3, -0.25) is 4.79 Å². The summed E-state index contributed by atoms with van der Waals surface area (Å²) in [7, 11) is 0. The van der Waals surface area contributed by atoms with Gasteiger partial charge in [-0.15, -0.1) is 11.3 Å². The van der Waals surface area contributed by atoms with Gasteiger partial charge in [0.2, 0.25) is 0 Å². The Morgan fingerprint density at radius 3 is 2.74 bits per heavy atom. The van der Waals surface area contributed by atoms with Gasteiger partial charge in [0.25, 0.3) is 5.91 Å². The third kappa shape index (κ3) is 3.43. The van der Waals surface area contributed by atoms with Gasteiger partial charge in [-0.2, -0.15) is 0 Å². The lowest BCUT2D eigenvalue weighted by molar-refractivity contribution is 0.0947. The van der Waals surface area contributed by atoms with E-state index < -0.39 is 0 Å². The number of hydrogen-bond donors (Lipinski definition) is 2. The molecule has 0 aliphatic heterocycles. The van der Waals surface area contributed by atoms with E-state index in [0.29, 0.717) is 6.54 Å². The molecule has 2 N–H and O–H groups in total. The van der Waals surface area contributed by atoms with E-state index in [1.807, 2.05) is 48.7 Å². The quantitative estimate of drug-likeness (QED) is 0.881. The van der Waals surface area contributed by atoms with Crippen LogP contribution in [0.15, 0.2) is 41.8 Å². The fourth-order valence-electron chi connectivity index (χ4n) is 1.74. The molecule has 0 saturated carbocycles. The minimum atomic E-state index is -0.0749. The van der Waals surface area contributed by atoms with Crippen LogP contribution in [0.5, 0.6) is 0 Å². The Kier molecular flexibility index (Phi) is 4.71. The van der Waals surface area contributed by atoms with E-state index >= 15 is 0 Å². The van der Waals surface area contributed by atoms with Gasteiger partial charge in [-0.25, -0.2) is 0 Å². The summed E-state index contributed by atoms with van der Waals surface area (Å²) in [6.45, 7) is 2.46. The van der Waals surface area contributed by atoms with Crippen molar-refractivity contribution in [2.24, 2.45) is 5.92 Å². The number of aliphatic hydroxyl groups is 1. The van der Waals surface area contributed by atoms with Gasteiger partial charge in [0.05, 0.1) is 4.88 Å². The topological polar surface area (TPSA) is 49.3 Å². The highest BCUT2D eigenvalue weighted by Gasteiger charge is 2.14. The molecule has 0 aliphatic carbocycles. The summed E-state index contributed by atoms with van der Waals surface area (Å²) in [5.74, 6) is -0.00163. The second-order valence-corrected chi connectivity index (χ2v) is 5.44. The van der Waals surface area contributed by atoms with Gasteiger partial charge in [0, 0.05) is 18.7 Å². The molecule has 2 rings (SSSR count). The summed E-state index contributed by atoms with van der Waals surface area (Å²) in [4.78, 5) is 12.9. The maximum atomic E-state index is 12.1. The highest BCUT2D eigenvalue weighted by molar-refractivity contribution is 7.12. The van der Waals surface area contributed by atoms with Crippen molar-refractivity contribution in [3.63, 3.8) is 0 Å². The normalized spacial score (nSPS) is 12.1. The largest absolute Gasteiger partial charge is 0.396 e. The maximum Gasteiger partial charge on any atom is 0.261 e. The van der Waals surface area contributed by atoms with Crippen LogP contribution in [-0.4, -0.2) is 24.2 Å². The average molecular weight is 275 g/mol. The zero-order chi connectivity index (χ0) is 13.7. The molecule has 1 aromatic heterocycles. The SMILES string of the molecule is CC(CO)CNC(=O)c1sccc1-c1ccccc1. The van der Waals surface area contributed by atoms with E-state index in [1.165, 1.54) is 11.3 Å². The number of thiophene rings is 1. The van der Waals surface area contributed by atoms with Crippen molar-refractivity contribution in [3.05, 3.63) is 46.7 Å². The molecule has 0 aliphatic rings. The van der Waals surface area contributed by atoms with Gasteiger partial charge in [0.15, 0.2) is 0 Å². The molecular weight excluding hydrogens is 258 g/mol. The Morgan fingerprint density at radius 2 is 2.05 bits per heavy atom. The first-order valence-electron chi connectivity index (χ1n) is 6.24. The molecule has 1 heterocycles. The Morgan fingerprint density at radius 1 is 1.32 bits per heavy atom. The maximum absolute atomic E-state index is 12.1. The number of benzene rings is 1. The highest BCUT2D eigenvalue weighted by atomic mass is 32.1. The van der Waals surface area contributed by atoms with Crippen LogP contribution < -0.4 is 5.32 Å². The molecule has 1 amide bonds. The molecule has 1 unspecified atom stereocenters. The number of carbonyl (C=O) groups is 1. The van der Waals surface area contributed by atoms with Crippen molar-refractivity contribution in [1.29, 1.82) is 0 Å². The zero-order valence-corrected chi connectivity index (χ0v) is 11.6.